The minimum Gasteiger partial charge on any atom is -0.368 e. The fourth-order valence-corrected chi connectivity index (χ4v) is 1.98. The first kappa shape index (κ1) is 29.3. The van der Waals surface area contributed by atoms with Crippen molar-refractivity contribution < 1.29 is 75.0 Å². The minimum absolute atomic E-state index is 0.650. The predicted octanol–water partition coefficient (Wildman–Crippen LogP) is 6.87. The van der Waals surface area contributed by atoms with Crippen LogP contribution in [0.2, 0.25) is 0 Å². The molecule has 0 heterocycles. The van der Waals surface area contributed by atoms with E-state index in [1.807, 2.05) is 0 Å². The number of hydrogen-bond acceptors (Lipinski definition) is 1. The van der Waals surface area contributed by atoms with Crippen LogP contribution in [0.1, 0.15) is 0 Å². The van der Waals surface area contributed by atoms with Gasteiger partial charge in [0.15, 0.2) is 0 Å². The van der Waals surface area contributed by atoms with E-state index in [9.17, 15) is 70.2 Å². The van der Waals surface area contributed by atoms with Crippen molar-refractivity contribution in [1.82, 2.24) is 0 Å². The molecule has 0 aromatic carbocycles. The molecule has 0 saturated carbocycles. The quantitative estimate of drug-likeness (QED) is 0.138. The summed E-state index contributed by atoms with van der Waals surface area (Å²) >= 11 is -1.30. The molecule has 0 rings (SSSR count). The zero-order chi connectivity index (χ0) is 24.1. The highest BCUT2D eigenvalue weighted by atomic mass is 127. The van der Waals surface area contributed by atoms with Crippen LogP contribution in [0.4, 0.5) is 70.2 Å². The number of hydrogen-bond donors (Lipinski definition) is 0. The van der Waals surface area contributed by atoms with Crippen LogP contribution in [-0.4, -0.2) is 56.6 Å². The predicted molar refractivity (Wildman–Crippen MR) is 78.4 cm³/mol. The van der Waals surface area contributed by atoms with Crippen LogP contribution in [0.3, 0.4) is 0 Å². The van der Waals surface area contributed by atoms with Gasteiger partial charge in [0.2, 0.25) is 0 Å². The molecule has 1 nitrogen and oxygen atoms in total. The fraction of sp³-hybridized carbons (Fsp3) is 1.00. The van der Waals surface area contributed by atoms with Gasteiger partial charge in [0.1, 0.15) is 13.2 Å². The van der Waals surface area contributed by atoms with Crippen LogP contribution in [0.5, 0.6) is 0 Å². The van der Waals surface area contributed by atoms with E-state index in [-0.39, 0.29) is 0 Å². The summed E-state index contributed by atoms with van der Waals surface area (Å²) in [5.41, 5.74) is 0. The van der Waals surface area contributed by atoms with Crippen LogP contribution in [0, 0.1) is 0 Å². The van der Waals surface area contributed by atoms with Gasteiger partial charge in [-0.1, -0.05) is 0 Å². The summed E-state index contributed by atoms with van der Waals surface area (Å²) in [5, 5.41) is 0. The van der Waals surface area contributed by atoms with Crippen molar-refractivity contribution in [2.24, 2.45) is 0 Å². The second-order valence-corrected chi connectivity index (χ2v) is 7.90. The normalized spacial score (nSPS) is 16.3. The lowest BCUT2D eigenvalue weighted by atomic mass is 10.0. The van der Waals surface area contributed by atoms with E-state index in [0.717, 1.165) is 0 Å². The van der Waals surface area contributed by atoms with Gasteiger partial charge in [-0.25, -0.2) is 0 Å². The molecule has 29 heavy (non-hydrogen) atoms. The maximum Gasteiger partial charge on any atom is 0.387 e. The molecular formula is C10H4F16I2O. The zero-order valence-electron chi connectivity index (χ0n) is 12.6. The van der Waals surface area contributed by atoms with E-state index in [2.05, 4.69) is 4.74 Å². The Morgan fingerprint density at radius 3 is 0.793 bits per heavy atom. The van der Waals surface area contributed by atoms with Gasteiger partial charge in [0, 0.05) is 45.2 Å². The topological polar surface area (TPSA) is 9.23 Å². The standard InChI is InChI=1S/C10H4F16I2O/c11-3(12,5(15,16)7(19,20)9(23,24)27)1-29-2-4(13,14)6(17,18)8(21,22)10(25,26)28/h1-2H2. The third kappa shape index (κ3) is 5.04. The molecule has 0 aliphatic rings. The molecule has 0 bridgehead atoms. The average Bonchev–Trinajstić information content (AvgIpc) is 2.43. The second-order valence-electron chi connectivity index (χ2n) is 5.19. The lowest BCUT2D eigenvalue weighted by Crippen LogP contribution is -2.63. The molecule has 176 valence electrons. The Balaban J connectivity index is 5.55. The summed E-state index contributed by atoms with van der Waals surface area (Å²) in [7, 11) is 0. The third-order valence-corrected chi connectivity index (χ3v) is 4.34. The van der Waals surface area contributed by atoms with Crippen molar-refractivity contribution in [2.75, 3.05) is 13.2 Å². The molecule has 0 fully saturated rings. The van der Waals surface area contributed by atoms with Crippen molar-refractivity contribution in [3.63, 3.8) is 0 Å². The van der Waals surface area contributed by atoms with Gasteiger partial charge in [-0.15, -0.1) is 0 Å². The molecule has 0 aliphatic carbocycles. The van der Waals surface area contributed by atoms with Crippen LogP contribution >= 0.6 is 45.2 Å². The minimum atomic E-state index is -7.00. The molecule has 0 aliphatic heterocycles. The molecule has 0 radical (unpaired) electrons. The van der Waals surface area contributed by atoms with Crippen molar-refractivity contribution in [3.8, 4) is 0 Å². The van der Waals surface area contributed by atoms with Gasteiger partial charge >= 0.3 is 43.4 Å². The molecule has 19 heteroatoms. The molecule has 0 unspecified atom stereocenters. The highest BCUT2D eigenvalue weighted by molar-refractivity contribution is 14.1. The van der Waals surface area contributed by atoms with Crippen LogP contribution in [0.15, 0.2) is 0 Å². The van der Waals surface area contributed by atoms with Gasteiger partial charge in [-0.05, 0) is 0 Å². The van der Waals surface area contributed by atoms with E-state index in [4.69, 9.17) is 0 Å². The van der Waals surface area contributed by atoms with Crippen molar-refractivity contribution in [1.29, 1.82) is 0 Å². The summed E-state index contributed by atoms with van der Waals surface area (Å²) in [5.74, 6) is -40.4. The van der Waals surface area contributed by atoms with E-state index in [1.165, 1.54) is 0 Å². The number of alkyl halides is 18. The number of halogens is 18. The highest BCUT2D eigenvalue weighted by Crippen LogP contribution is 2.56. The lowest BCUT2D eigenvalue weighted by Gasteiger charge is -2.36. The third-order valence-electron chi connectivity index (χ3n) is 2.99. The summed E-state index contributed by atoms with van der Waals surface area (Å²) in [6.07, 6.45) is 0. The van der Waals surface area contributed by atoms with E-state index >= 15 is 0 Å². The molecule has 0 N–H and O–H groups in total. The monoisotopic (exact) mass is 698 g/mol. The maximum absolute atomic E-state index is 13.1. The van der Waals surface area contributed by atoms with E-state index in [1.54, 1.807) is 0 Å². The molecule has 0 amide bonds. The van der Waals surface area contributed by atoms with Crippen LogP contribution in [0.25, 0.3) is 0 Å². The van der Waals surface area contributed by atoms with Crippen molar-refractivity contribution >= 4 is 45.2 Å². The smallest absolute Gasteiger partial charge is 0.368 e. The van der Waals surface area contributed by atoms with E-state index < -0.39 is 102 Å². The van der Waals surface area contributed by atoms with Crippen molar-refractivity contribution in [3.05, 3.63) is 0 Å². The Hall–Kier alpha value is 0.300. The Kier molecular flexibility index (Phi) is 8.10. The van der Waals surface area contributed by atoms with Crippen molar-refractivity contribution in [2.45, 2.75) is 43.4 Å². The average molecular weight is 698 g/mol. The Labute approximate surface area is 176 Å². The first-order valence-corrected chi connectivity index (χ1v) is 8.34. The zero-order valence-corrected chi connectivity index (χ0v) is 16.9. The maximum atomic E-state index is 13.1. The Morgan fingerprint density at radius 1 is 0.414 bits per heavy atom. The van der Waals surface area contributed by atoms with Gasteiger partial charge in [0.05, 0.1) is 0 Å². The number of rotatable bonds is 10. The summed E-state index contributed by atoms with van der Waals surface area (Å²) in [4.78, 5) is 0. The molecule has 0 spiro atoms. The summed E-state index contributed by atoms with van der Waals surface area (Å²) in [6, 6.07) is 0. The van der Waals surface area contributed by atoms with Gasteiger partial charge < -0.3 is 4.74 Å². The van der Waals surface area contributed by atoms with Gasteiger partial charge in [-0.2, -0.15) is 70.2 Å². The van der Waals surface area contributed by atoms with Crippen LogP contribution in [-0.2, 0) is 4.74 Å². The highest BCUT2D eigenvalue weighted by Gasteiger charge is 2.81. The van der Waals surface area contributed by atoms with E-state index in [0.29, 0.717) is 0 Å². The Morgan fingerprint density at radius 2 is 0.621 bits per heavy atom. The van der Waals surface area contributed by atoms with Gasteiger partial charge in [0.25, 0.3) is 0 Å². The second kappa shape index (κ2) is 8.01. The molecular weight excluding hydrogens is 694 g/mol. The largest absolute Gasteiger partial charge is 0.387 e. The molecule has 0 aromatic rings. The first-order valence-electron chi connectivity index (χ1n) is 6.19. The summed E-state index contributed by atoms with van der Waals surface area (Å²) < 4.78 is 197. The SMILES string of the molecule is FC(F)(I)C(F)(F)C(F)(F)C(F)(F)COCC(F)(F)C(F)(F)C(F)(F)C(F)(F)I. The summed E-state index contributed by atoms with van der Waals surface area (Å²) in [6.45, 7) is -6.72. The number of ether oxygens (including phenoxy) is 1. The molecule has 0 aromatic heterocycles. The Bertz CT molecular complexity index is 527. The molecule has 0 saturated heterocycles. The first-order chi connectivity index (χ1) is 12.2. The van der Waals surface area contributed by atoms with Gasteiger partial charge in [-0.3, -0.25) is 0 Å². The van der Waals surface area contributed by atoms with Crippen LogP contribution < -0.4 is 0 Å². The molecule has 0 atom stereocenters. The lowest BCUT2D eigenvalue weighted by molar-refractivity contribution is -0.364. The fourth-order valence-electron chi connectivity index (χ4n) is 1.30.